The largest absolute Gasteiger partial charge is 0.325 e. The number of hydrogen-bond donors (Lipinski definition) is 1. The molecule has 1 aromatic heterocycles. The number of nitrogens with zero attached hydrogens (tertiary/aromatic N) is 1. The third-order valence-corrected chi connectivity index (χ3v) is 5.26. The standard InChI is InChI=1S/C21H22N2OS/c1-4-16-12-17-10-5-6-11-18(17)22-21(16)25-13-19(24)23-20-14(2)8-7-9-15(20)3/h5-12H,4,13H2,1-3H3,(H,23,24). The Hall–Kier alpha value is -2.33. The molecule has 1 amide bonds. The zero-order valence-electron chi connectivity index (χ0n) is 14.8. The molecule has 3 rings (SSSR count). The zero-order chi connectivity index (χ0) is 17.8. The van der Waals surface area contributed by atoms with Crippen molar-refractivity contribution in [2.45, 2.75) is 32.2 Å². The number of carbonyl (C=O) groups is 1. The molecule has 0 unspecified atom stereocenters. The van der Waals surface area contributed by atoms with Crippen molar-refractivity contribution in [1.82, 2.24) is 4.98 Å². The van der Waals surface area contributed by atoms with Crippen LogP contribution in [0.25, 0.3) is 10.9 Å². The van der Waals surface area contributed by atoms with Crippen molar-refractivity contribution in [3.8, 4) is 0 Å². The quantitative estimate of drug-likeness (QED) is 0.648. The van der Waals surface area contributed by atoms with Crippen LogP contribution >= 0.6 is 11.8 Å². The number of anilines is 1. The molecule has 1 N–H and O–H groups in total. The van der Waals surface area contributed by atoms with E-state index in [0.717, 1.165) is 39.2 Å². The molecule has 0 aliphatic rings. The zero-order valence-corrected chi connectivity index (χ0v) is 15.6. The van der Waals surface area contributed by atoms with Crippen molar-refractivity contribution in [3.05, 3.63) is 65.2 Å². The number of aryl methyl sites for hydroxylation is 3. The molecule has 0 saturated heterocycles. The van der Waals surface area contributed by atoms with Gasteiger partial charge >= 0.3 is 0 Å². The van der Waals surface area contributed by atoms with Crippen LogP contribution in [0.15, 0.2) is 53.6 Å². The Kier molecular flexibility index (Phi) is 5.39. The van der Waals surface area contributed by atoms with Gasteiger partial charge in [0.2, 0.25) is 5.91 Å². The lowest BCUT2D eigenvalue weighted by Crippen LogP contribution is -2.16. The van der Waals surface area contributed by atoms with Crippen LogP contribution in [0, 0.1) is 13.8 Å². The van der Waals surface area contributed by atoms with E-state index in [1.807, 2.05) is 50.2 Å². The van der Waals surface area contributed by atoms with E-state index in [0.29, 0.717) is 5.75 Å². The summed E-state index contributed by atoms with van der Waals surface area (Å²) < 4.78 is 0. The first-order chi connectivity index (χ1) is 12.1. The fraction of sp³-hybridized carbons (Fsp3) is 0.238. The number of aromatic nitrogens is 1. The van der Waals surface area contributed by atoms with Gasteiger partial charge in [0.05, 0.1) is 11.3 Å². The summed E-state index contributed by atoms with van der Waals surface area (Å²) in [5.74, 6) is 0.353. The van der Waals surface area contributed by atoms with Gasteiger partial charge in [-0.15, -0.1) is 0 Å². The molecule has 1 heterocycles. The van der Waals surface area contributed by atoms with Crippen molar-refractivity contribution in [2.75, 3.05) is 11.1 Å². The SMILES string of the molecule is CCc1cc2ccccc2nc1SCC(=O)Nc1c(C)cccc1C. The number of pyridine rings is 1. The molecule has 128 valence electrons. The molecule has 0 spiro atoms. The van der Waals surface area contributed by atoms with E-state index in [9.17, 15) is 4.79 Å². The monoisotopic (exact) mass is 350 g/mol. The Balaban J connectivity index is 1.74. The second kappa shape index (κ2) is 7.70. The highest BCUT2D eigenvalue weighted by molar-refractivity contribution is 8.00. The van der Waals surface area contributed by atoms with Crippen LogP contribution in [0.1, 0.15) is 23.6 Å². The first-order valence-corrected chi connectivity index (χ1v) is 9.44. The Bertz CT molecular complexity index is 901. The van der Waals surface area contributed by atoms with Crippen LogP contribution in [-0.4, -0.2) is 16.6 Å². The molecule has 25 heavy (non-hydrogen) atoms. The predicted molar refractivity (Wildman–Crippen MR) is 106 cm³/mol. The Morgan fingerprint density at radius 1 is 1.08 bits per heavy atom. The van der Waals surface area contributed by atoms with Crippen molar-refractivity contribution in [3.63, 3.8) is 0 Å². The van der Waals surface area contributed by atoms with Gasteiger partial charge in [0, 0.05) is 11.1 Å². The summed E-state index contributed by atoms with van der Waals surface area (Å²) >= 11 is 1.50. The molecule has 0 radical (unpaired) electrons. The number of carbonyl (C=O) groups excluding carboxylic acids is 1. The number of nitrogens with one attached hydrogen (secondary N) is 1. The lowest BCUT2D eigenvalue weighted by atomic mass is 10.1. The maximum atomic E-state index is 12.4. The van der Waals surface area contributed by atoms with E-state index in [2.05, 4.69) is 24.4 Å². The van der Waals surface area contributed by atoms with Crippen LogP contribution in [0.5, 0.6) is 0 Å². The van der Waals surface area contributed by atoms with Gasteiger partial charge in [-0.25, -0.2) is 4.98 Å². The summed E-state index contributed by atoms with van der Waals surface area (Å²) in [5.41, 5.74) is 5.23. The van der Waals surface area contributed by atoms with Gasteiger partial charge < -0.3 is 5.32 Å². The van der Waals surface area contributed by atoms with E-state index in [-0.39, 0.29) is 5.91 Å². The van der Waals surface area contributed by atoms with Crippen molar-refractivity contribution < 1.29 is 4.79 Å². The summed E-state index contributed by atoms with van der Waals surface area (Å²) in [4.78, 5) is 17.1. The van der Waals surface area contributed by atoms with Gasteiger partial charge in [0.25, 0.3) is 0 Å². The molecule has 2 aromatic carbocycles. The Morgan fingerprint density at radius 2 is 1.80 bits per heavy atom. The van der Waals surface area contributed by atoms with E-state index >= 15 is 0 Å². The molecular formula is C21H22N2OS. The third kappa shape index (κ3) is 4.02. The van der Waals surface area contributed by atoms with Gasteiger partial charge in [-0.05, 0) is 49.1 Å². The van der Waals surface area contributed by atoms with E-state index in [1.165, 1.54) is 17.3 Å². The number of benzene rings is 2. The minimum absolute atomic E-state index is 0.000545. The molecule has 3 aromatic rings. The minimum Gasteiger partial charge on any atom is -0.325 e. The van der Waals surface area contributed by atoms with Gasteiger partial charge in [-0.1, -0.05) is 55.1 Å². The molecule has 0 atom stereocenters. The highest BCUT2D eigenvalue weighted by atomic mass is 32.2. The van der Waals surface area contributed by atoms with E-state index in [1.54, 1.807) is 0 Å². The average Bonchev–Trinajstić information content (AvgIpc) is 2.62. The normalized spacial score (nSPS) is 10.8. The van der Waals surface area contributed by atoms with E-state index < -0.39 is 0 Å². The number of amides is 1. The smallest absolute Gasteiger partial charge is 0.234 e. The summed E-state index contributed by atoms with van der Waals surface area (Å²) in [7, 11) is 0. The van der Waals surface area contributed by atoms with Crippen molar-refractivity contribution in [1.29, 1.82) is 0 Å². The second-order valence-corrected chi connectivity index (χ2v) is 7.07. The van der Waals surface area contributed by atoms with Crippen LogP contribution < -0.4 is 5.32 Å². The molecule has 3 nitrogen and oxygen atoms in total. The molecule has 4 heteroatoms. The minimum atomic E-state index is -0.000545. The summed E-state index contributed by atoms with van der Waals surface area (Å²) in [5, 5.41) is 5.12. The van der Waals surface area contributed by atoms with Crippen LogP contribution in [0.3, 0.4) is 0 Å². The summed E-state index contributed by atoms with van der Waals surface area (Å²) in [6.45, 7) is 6.14. The molecular weight excluding hydrogens is 328 g/mol. The fourth-order valence-corrected chi connectivity index (χ4v) is 3.73. The number of para-hydroxylation sites is 2. The first-order valence-electron chi connectivity index (χ1n) is 8.46. The molecule has 0 bridgehead atoms. The highest BCUT2D eigenvalue weighted by Crippen LogP contribution is 2.26. The lowest BCUT2D eigenvalue weighted by Gasteiger charge is -2.12. The Morgan fingerprint density at radius 3 is 2.52 bits per heavy atom. The molecule has 0 aliphatic heterocycles. The van der Waals surface area contributed by atoms with Crippen molar-refractivity contribution in [2.24, 2.45) is 0 Å². The molecule has 0 saturated carbocycles. The molecule has 0 aliphatic carbocycles. The van der Waals surface area contributed by atoms with Crippen LogP contribution in [0.2, 0.25) is 0 Å². The van der Waals surface area contributed by atoms with Crippen LogP contribution in [-0.2, 0) is 11.2 Å². The number of hydrogen-bond acceptors (Lipinski definition) is 3. The third-order valence-electron chi connectivity index (χ3n) is 4.23. The number of thioether (sulfide) groups is 1. The maximum Gasteiger partial charge on any atom is 0.234 e. The molecule has 0 fully saturated rings. The van der Waals surface area contributed by atoms with Crippen molar-refractivity contribution >= 4 is 34.3 Å². The van der Waals surface area contributed by atoms with Crippen LogP contribution in [0.4, 0.5) is 5.69 Å². The van der Waals surface area contributed by atoms with Gasteiger partial charge in [0.15, 0.2) is 0 Å². The number of fused-ring (bicyclic) bond motifs is 1. The fourth-order valence-electron chi connectivity index (χ4n) is 2.84. The van der Waals surface area contributed by atoms with Gasteiger partial charge in [-0.2, -0.15) is 0 Å². The maximum absolute atomic E-state index is 12.4. The highest BCUT2D eigenvalue weighted by Gasteiger charge is 2.11. The average molecular weight is 350 g/mol. The number of rotatable bonds is 5. The van der Waals surface area contributed by atoms with Gasteiger partial charge in [-0.3, -0.25) is 4.79 Å². The topological polar surface area (TPSA) is 42.0 Å². The Labute approximate surface area is 152 Å². The second-order valence-electron chi connectivity index (χ2n) is 6.10. The summed E-state index contributed by atoms with van der Waals surface area (Å²) in [6.07, 6.45) is 0.901. The predicted octanol–water partition coefficient (Wildman–Crippen LogP) is 5.14. The lowest BCUT2D eigenvalue weighted by molar-refractivity contribution is -0.113. The van der Waals surface area contributed by atoms with Gasteiger partial charge in [0.1, 0.15) is 5.03 Å². The first kappa shape index (κ1) is 17.5. The summed E-state index contributed by atoms with van der Waals surface area (Å²) in [6, 6.07) is 16.3. The van der Waals surface area contributed by atoms with E-state index in [4.69, 9.17) is 4.98 Å².